The van der Waals surface area contributed by atoms with Crippen LogP contribution in [0.15, 0.2) is 30.3 Å². The molecule has 10 heteroatoms. The van der Waals surface area contributed by atoms with Gasteiger partial charge >= 0.3 is 6.03 Å². The number of fused-ring (bicyclic) bond motifs is 1. The van der Waals surface area contributed by atoms with Crippen LogP contribution in [0.4, 0.5) is 22.1 Å². The van der Waals surface area contributed by atoms with Gasteiger partial charge in [0.2, 0.25) is 0 Å². The standard InChI is InChI=1S/C32H44N8O2/c1-21-20-27(35-23(3)34-21)40-15-12-26-28(22(40)2)37-29(38-30(26)39-16-18-42-19-17-39)24-8-10-25(11-9-24)36-31(41)33-14-7-13-32(4,5)6/h8-11,20,22H,7,12-19H2,1-6H3,(H2,33,36,41). The summed E-state index contributed by atoms with van der Waals surface area (Å²) in [7, 11) is 0. The lowest BCUT2D eigenvalue weighted by atomic mass is 9.91. The second kappa shape index (κ2) is 12.6. The lowest BCUT2D eigenvalue weighted by molar-refractivity contribution is 0.122. The number of amides is 2. The Morgan fingerprint density at radius 3 is 2.45 bits per heavy atom. The number of nitrogens with zero attached hydrogens (tertiary/aromatic N) is 6. The molecule has 224 valence electrons. The molecule has 4 heterocycles. The maximum absolute atomic E-state index is 12.4. The van der Waals surface area contributed by atoms with E-state index in [4.69, 9.17) is 19.7 Å². The third-order valence-electron chi connectivity index (χ3n) is 7.83. The maximum atomic E-state index is 12.4. The molecule has 1 fully saturated rings. The van der Waals surface area contributed by atoms with Gasteiger partial charge in [-0.1, -0.05) is 20.8 Å². The number of aryl methyl sites for hydroxylation is 2. The molecule has 0 aliphatic carbocycles. The zero-order valence-electron chi connectivity index (χ0n) is 25.8. The SMILES string of the molecule is Cc1cc(N2CCc3c(nc(-c4ccc(NC(=O)NCCCC(C)(C)C)cc4)nc3N3CCOCC3)C2C)nc(C)n1. The molecule has 2 N–H and O–H groups in total. The first kappa shape index (κ1) is 29.7. The van der Waals surface area contributed by atoms with E-state index in [0.717, 1.165) is 79.0 Å². The smallest absolute Gasteiger partial charge is 0.319 e. The van der Waals surface area contributed by atoms with Crippen molar-refractivity contribution in [2.45, 2.75) is 66.8 Å². The molecule has 0 spiro atoms. The Balaban J connectivity index is 1.38. The van der Waals surface area contributed by atoms with Crippen molar-refractivity contribution >= 4 is 23.4 Å². The van der Waals surface area contributed by atoms with E-state index in [9.17, 15) is 4.79 Å². The van der Waals surface area contributed by atoms with E-state index in [1.165, 1.54) is 5.56 Å². The van der Waals surface area contributed by atoms with Gasteiger partial charge in [-0.25, -0.2) is 24.7 Å². The number of hydrogen-bond acceptors (Lipinski definition) is 8. The average molecular weight is 573 g/mol. The fourth-order valence-electron chi connectivity index (χ4n) is 5.67. The number of aromatic nitrogens is 4. The molecular weight excluding hydrogens is 528 g/mol. The molecule has 0 bridgehead atoms. The van der Waals surface area contributed by atoms with Crippen molar-refractivity contribution in [1.29, 1.82) is 0 Å². The van der Waals surface area contributed by atoms with Gasteiger partial charge in [-0.2, -0.15) is 0 Å². The summed E-state index contributed by atoms with van der Waals surface area (Å²) in [6.45, 7) is 17.2. The van der Waals surface area contributed by atoms with Crippen molar-refractivity contribution in [3.63, 3.8) is 0 Å². The first-order valence-electron chi connectivity index (χ1n) is 15.0. The van der Waals surface area contributed by atoms with E-state index in [1.54, 1.807) is 0 Å². The van der Waals surface area contributed by atoms with Crippen molar-refractivity contribution in [1.82, 2.24) is 25.3 Å². The van der Waals surface area contributed by atoms with E-state index in [2.05, 4.69) is 53.1 Å². The van der Waals surface area contributed by atoms with Crippen molar-refractivity contribution in [3.05, 3.63) is 53.1 Å². The fraction of sp³-hybridized carbons (Fsp3) is 0.531. The first-order valence-corrected chi connectivity index (χ1v) is 15.0. The van der Waals surface area contributed by atoms with Crippen molar-refractivity contribution in [3.8, 4) is 11.4 Å². The molecule has 2 aromatic heterocycles. The van der Waals surface area contributed by atoms with E-state index in [0.29, 0.717) is 25.6 Å². The molecule has 0 radical (unpaired) electrons. The number of morpholine rings is 1. The third kappa shape index (κ3) is 7.15. The zero-order chi connectivity index (χ0) is 29.9. The van der Waals surface area contributed by atoms with Crippen LogP contribution in [0.5, 0.6) is 0 Å². The Morgan fingerprint density at radius 1 is 1.02 bits per heavy atom. The fourth-order valence-corrected chi connectivity index (χ4v) is 5.67. The Hall–Kier alpha value is -3.79. The summed E-state index contributed by atoms with van der Waals surface area (Å²) < 4.78 is 5.64. The van der Waals surface area contributed by atoms with Gasteiger partial charge in [0.05, 0.1) is 24.9 Å². The number of hydrogen-bond donors (Lipinski definition) is 2. The first-order chi connectivity index (χ1) is 20.1. The Kier molecular flexibility index (Phi) is 8.91. The van der Waals surface area contributed by atoms with E-state index in [-0.39, 0.29) is 17.5 Å². The summed E-state index contributed by atoms with van der Waals surface area (Å²) >= 11 is 0. The molecule has 3 aromatic rings. The van der Waals surface area contributed by atoms with Crippen LogP contribution in [0.2, 0.25) is 0 Å². The third-order valence-corrected chi connectivity index (χ3v) is 7.83. The van der Waals surface area contributed by atoms with Crippen LogP contribution < -0.4 is 20.4 Å². The van der Waals surface area contributed by atoms with E-state index < -0.39 is 0 Å². The second-order valence-corrected chi connectivity index (χ2v) is 12.5. The van der Waals surface area contributed by atoms with Crippen LogP contribution in [0.25, 0.3) is 11.4 Å². The molecule has 1 unspecified atom stereocenters. The zero-order valence-corrected chi connectivity index (χ0v) is 25.8. The minimum Gasteiger partial charge on any atom is -0.378 e. The quantitative estimate of drug-likeness (QED) is 0.360. The van der Waals surface area contributed by atoms with Crippen LogP contribution in [0.3, 0.4) is 0 Å². The second-order valence-electron chi connectivity index (χ2n) is 12.5. The van der Waals surface area contributed by atoms with Crippen LogP contribution in [-0.2, 0) is 11.2 Å². The minimum absolute atomic E-state index is 0.0203. The van der Waals surface area contributed by atoms with Crippen LogP contribution in [-0.4, -0.2) is 65.4 Å². The van der Waals surface area contributed by atoms with Gasteiger partial charge in [0.15, 0.2) is 5.82 Å². The molecule has 0 saturated carbocycles. The topological polar surface area (TPSA) is 108 Å². The summed E-state index contributed by atoms with van der Waals surface area (Å²) in [6, 6.07) is 9.64. The van der Waals surface area contributed by atoms with E-state index in [1.807, 2.05) is 44.2 Å². The molecule has 2 aliphatic heterocycles. The summed E-state index contributed by atoms with van der Waals surface area (Å²) in [6.07, 6.45) is 2.84. The molecular formula is C32H44N8O2. The van der Waals surface area contributed by atoms with E-state index >= 15 is 0 Å². The number of urea groups is 1. The molecule has 5 rings (SSSR count). The predicted molar refractivity (Wildman–Crippen MR) is 167 cm³/mol. The van der Waals surface area contributed by atoms with Gasteiger partial charge in [-0.15, -0.1) is 0 Å². The monoisotopic (exact) mass is 572 g/mol. The highest BCUT2D eigenvalue weighted by molar-refractivity contribution is 5.89. The molecule has 2 amide bonds. The van der Waals surface area contributed by atoms with Crippen molar-refractivity contribution in [2.24, 2.45) is 5.41 Å². The van der Waals surface area contributed by atoms with Gasteiger partial charge in [-0.05, 0) is 69.7 Å². The van der Waals surface area contributed by atoms with Crippen molar-refractivity contribution in [2.75, 3.05) is 54.5 Å². The summed E-state index contributed by atoms with van der Waals surface area (Å²) in [5.41, 5.74) is 5.08. The summed E-state index contributed by atoms with van der Waals surface area (Å²) in [5.74, 6) is 3.37. The van der Waals surface area contributed by atoms with Crippen LogP contribution in [0, 0.1) is 19.3 Å². The Morgan fingerprint density at radius 2 is 1.76 bits per heavy atom. The van der Waals surface area contributed by atoms with Gasteiger partial charge in [0.25, 0.3) is 0 Å². The average Bonchev–Trinajstić information content (AvgIpc) is 2.95. The van der Waals surface area contributed by atoms with Gasteiger partial charge in [0.1, 0.15) is 17.5 Å². The molecule has 1 saturated heterocycles. The summed E-state index contributed by atoms with van der Waals surface area (Å²) in [5, 5.41) is 5.89. The predicted octanol–water partition coefficient (Wildman–Crippen LogP) is 5.46. The molecule has 1 aromatic carbocycles. The molecule has 42 heavy (non-hydrogen) atoms. The Labute approximate surface area is 249 Å². The number of anilines is 3. The minimum atomic E-state index is -0.194. The van der Waals surface area contributed by atoms with Gasteiger partial charge in [0, 0.05) is 54.8 Å². The van der Waals surface area contributed by atoms with Crippen LogP contribution >= 0.6 is 0 Å². The van der Waals surface area contributed by atoms with Gasteiger partial charge in [-0.3, -0.25) is 0 Å². The van der Waals surface area contributed by atoms with Crippen molar-refractivity contribution < 1.29 is 9.53 Å². The summed E-state index contributed by atoms with van der Waals surface area (Å²) in [4.78, 5) is 36.5. The maximum Gasteiger partial charge on any atom is 0.319 e. The number of carbonyl (C=O) groups is 1. The largest absolute Gasteiger partial charge is 0.378 e. The number of nitrogens with one attached hydrogen (secondary N) is 2. The molecule has 10 nitrogen and oxygen atoms in total. The lowest BCUT2D eigenvalue weighted by Crippen LogP contribution is -2.40. The molecule has 1 atom stereocenters. The highest BCUT2D eigenvalue weighted by Crippen LogP contribution is 2.37. The highest BCUT2D eigenvalue weighted by Gasteiger charge is 2.32. The van der Waals surface area contributed by atoms with Gasteiger partial charge < -0.3 is 25.2 Å². The normalized spacial score (nSPS) is 17.1. The number of ether oxygens (including phenoxy) is 1. The molecule has 2 aliphatic rings. The number of benzene rings is 1. The van der Waals surface area contributed by atoms with Crippen LogP contribution in [0.1, 0.15) is 69.4 Å². The Bertz CT molecular complexity index is 1380. The highest BCUT2D eigenvalue weighted by atomic mass is 16.5. The number of rotatable bonds is 7. The lowest BCUT2D eigenvalue weighted by Gasteiger charge is -2.38. The number of carbonyl (C=O) groups excluding carboxylic acids is 1.